The van der Waals surface area contributed by atoms with Crippen LogP contribution in [0, 0.1) is 0 Å². The first-order valence-corrected chi connectivity index (χ1v) is 20.1. The second-order valence-corrected chi connectivity index (χ2v) is 14.0. The van der Waals surface area contributed by atoms with Crippen LogP contribution in [0.2, 0.25) is 0 Å². The van der Waals surface area contributed by atoms with Crippen molar-refractivity contribution in [3.63, 3.8) is 0 Å². The lowest BCUT2D eigenvalue weighted by atomic mass is 10.1. The molecule has 0 saturated heterocycles. The van der Waals surface area contributed by atoms with Crippen molar-refractivity contribution in [2.75, 3.05) is 32.7 Å². The molecule has 7 amide bonds. The van der Waals surface area contributed by atoms with Crippen LogP contribution in [0.4, 0.5) is 0 Å². The lowest BCUT2D eigenvalue weighted by molar-refractivity contribution is -0.131. The predicted octanol–water partition coefficient (Wildman–Crippen LogP) is -2.07. The first-order chi connectivity index (χ1) is 28.1. The molecule has 21 nitrogen and oxygen atoms in total. The molecule has 330 valence electrons. The van der Waals surface area contributed by atoms with Crippen LogP contribution >= 0.6 is 0 Å². The van der Waals surface area contributed by atoms with Crippen LogP contribution < -0.4 is 66.7 Å². The highest BCUT2D eigenvalue weighted by atomic mass is 16.2. The monoisotopic (exact) mass is 831 g/mol. The molecule has 0 saturated carbocycles. The molecule has 1 aromatic carbocycles. The van der Waals surface area contributed by atoms with E-state index < -0.39 is 35.8 Å². The van der Waals surface area contributed by atoms with Gasteiger partial charge in [0.2, 0.25) is 35.4 Å². The number of nitrogens with one attached hydrogen (secondary N) is 5. The van der Waals surface area contributed by atoms with E-state index in [4.69, 9.17) is 40.1 Å². The van der Waals surface area contributed by atoms with Gasteiger partial charge in [-0.3, -0.25) is 43.5 Å². The fraction of sp³-hybridized carbons (Fsp3) is 0.605. The summed E-state index contributed by atoms with van der Waals surface area (Å²) in [6.45, 7) is 1.67. The fourth-order valence-corrected chi connectivity index (χ4v) is 5.73. The van der Waals surface area contributed by atoms with E-state index in [1.165, 1.54) is 24.3 Å². The molecule has 59 heavy (non-hydrogen) atoms. The summed E-state index contributed by atoms with van der Waals surface area (Å²) < 4.78 is 0. The molecule has 1 rings (SSSR count). The number of carbonyl (C=O) groups is 7. The molecule has 0 spiro atoms. The maximum absolute atomic E-state index is 13.1. The largest absolute Gasteiger partial charge is 0.370 e. The van der Waals surface area contributed by atoms with Gasteiger partial charge in [0, 0.05) is 50.1 Å². The number of hydrogen-bond acceptors (Lipinski definition) is 10. The van der Waals surface area contributed by atoms with Gasteiger partial charge in [-0.15, -0.1) is 0 Å². The van der Waals surface area contributed by atoms with Gasteiger partial charge in [-0.2, -0.15) is 0 Å². The average Bonchev–Trinajstić information content (AvgIpc) is 3.18. The van der Waals surface area contributed by atoms with Crippen LogP contribution in [-0.2, 0) is 24.0 Å². The van der Waals surface area contributed by atoms with Gasteiger partial charge in [-0.1, -0.05) is 12.8 Å². The summed E-state index contributed by atoms with van der Waals surface area (Å²) in [4.78, 5) is 95.0. The van der Waals surface area contributed by atoms with Gasteiger partial charge in [0.15, 0.2) is 11.9 Å². The SMILES string of the molecule is NCCCC[C@@H](NC(=O)CCCCCNC(=O)c1ccc(C(N)=O)cc1)C(=O)NCCCCCC(=O)N[C@H](CCCN=C(N)N)C(=O)N[C@H](CCCN=C(N)N)C(N)=O. The Labute approximate surface area is 345 Å². The maximum Gasteiger partial charge on any atom is 0.251 e. The molecule has 0 fully saturated rings. The molecule has 1 aromatic rings. The minimum absolute atomic E-state index is 0.0989. The van der Waals surface area contributed by atoms with Crippen molar-refractivity contribution in [3.05, 3.63) is 35.4 Å². The van der Waals surface area contributed by atoms with Crippen LogP contribution in [0.1, 0.15) is 117 Å². The minimum atomic E-state index is -1.00. The molecule has 0 aliphatic carbocycles. The fourth-order valence-electron chi connectivity index (χ4n) is 5.73. The lowest BCUT2D eigenvalue weighted by Gasteiger charge is -2.22. The molecule has 3 atom stereocenters. The number of unbranched alkanes of at least 4 members (excludes halogenated alkanes) is 5. The highest BCUT2D eigenvalue weighted by Gasteiger charge is 2.25. The van der Waals surface area contributed by atoms with E-state index in [1.54, 1.807) is 0 Å². The number of primary amides is 2. The molecular formula is C38H66N14O7. The van der Waals surface area contributed by atoms with Crippen LogP contribution in [0.5, 0.6) is 0 Å². The van der Waals surface area contributed by atoms with E-state index in [0.717, 1.165) is 0 Å². The highest BCUT2D eigenvalue weighted by molar-refractivity contribution is 5.97. The van der Waals surface area contributed by atoms with Gasteiger partial charge in [0.25, 0.3) is 5.91 Å². The zero-order valence-corrected chi connectivity index (χ0v) is 34.0. The molecule has 0 bridgehead atoms. The maximum atomic E-state index is 13.1. The number of amides is 7. The first-order valence-electron chi connectivity index (χ1n) is 20.1. The quantitative estimate of drug-likeness (QED) is 0.0212. The van der Waals surface area contributed by atoms with E-state index >= 15 is 0 Å². The highest BCUT2D eigenvalue weighted by Crippen LogP contribution is 2.08. The van der Waals surface area contributed by atoms with Crippen molar-refractivity contribution < 1.29 is 33.6 Å². The van der Waals surface area contributed by atoms with Crippen molar-refractivity contribution in [1.82, 2.24) is 26.6 Å². The van der Waals surface area contributed by atoms with Crippen molar-refractivity contribution >= 4 is 53.3 Å². The number of hydrogen-bond donors (Lipinski definition) is 12. The summed E-state index contributed by atoms with van der Waals surface area (Å²) in [7, 11) is 0. The number of nitrogens with zero attached hydrogens (tertiary/aromatic N) is 2. The van der Waals surface area contributed by atoms with Crippen molar-refractivity contribution in [2.24, 2.45) is 50.1 Å². The summed E-state index contributed by atoms with van der Waals surface area (Å²) in [6, 6.07) is 3.33. The molecule has 19 N–H and O–H groups in total. The van der Waals surface area contributed by atoms with Gasteiger partial charge < -0.3 is 66.7 Å². The summed E-state index contributed by atoms with van der Waals surface area (Å²) in [5.74, 6) is -3.32. The predicted molar refractivity (Wildman–Crippen MR) is 225 cm³/mol. The summed E-state index contributed by atoms with van der Waals surface area (Å²) in [6.07, 6.45) is 6.80. The van der Waals surface area contributed by atoms with Crippen LogP contribution in [0.3, 0.4) is 0 Å². The smallest absolute Gasteiger partial charge is 0.251 e. The van der Waals surface area contributed by atoms with Crippen LogP contribution in [-0.4, -0.2) is 104 Å². The zero-order valence-electron chi connectivity index (χ0n) is 34.0. The number of nitrogens with two attached hydrogens (primary N) is 7. The molecular weight excluding hydrogens is 765 g/mol. The Morgan fingerprint density at radius 1 is 0.508 bits per heavy atom. The Hall–Kier alpha value is -5.99. The van der Waals surface area contributed by atoms with E-state index in [-0.39, 0.29) is 74.3 Å². The molecule has 0 heterocycles. The molecule has 0 aromatic heterocycles. The number of guanidine groups is 2. The summed E-state index contributed by atoms with van der Waals surface area (Å²) >= 11 is 0. The van der Waals surface area contributed by atoms with Crippen LogP contribution in [0.15, 0.2) is 34.3 Å². The van der Waals surface area contributed by atoms with E-state index in [9.17, 15) is 33.6 Å². The van der Waals surface area contributed by atoms with Crippen LogP contribution in [0.25, 0.3) is 0 Å². The van der Waals surface area contributed by atoms with Gasteiger partial charge in [-0.05, 0) is 101 Å². The van der Waals surface area contributed by atoms with Crippen molar-refractivity contribution in [3.8, 4) is 0 Å². The number of carbonyl (C=O) groups excluding carboxylic acids is 7. The third-order valence-electron chi connectivity index (χ3n) is 8.98. The summed E-state index contributed by atoms with van der Waals surface area (Å²) in [5, 5.41) is 13.8. The second-order valence-electron chi connectivity index (χ2n) is 14.0. The molecule has 0 radical (unpaired) electrons. The Kier molecular flexibility index (Phi) is 26.1. The third kappa shape index (κ3) is 24.4. The minimum Gasteiger partial charge on any atom is -0.370 e. The van der Waals surface area contributed by atoms with Gasteiger partial charge in [0.1, 0.15) is 18.1 Å². The summed E-state index contributed by atoms with van der Waals surface area (Å²) in [5.41, 5.74) is 38.5. The standard InChI is InChI=1S/C38H66N14O7/c39-20-6-5-11-28(50-30(53)14-3-1-7-21-46-34(57)26-18-16-25(17-19-26)32(40)55)35(58)47-22-8-2-4-15-31(54)51-29(13-10-24-49-38(44)45)36(59)52-27(33(41)56)12-9-23-48-37(42)43/h16-19,27-29H,1-15,20-24,39H2,(H2,40,55)(H2,41,56)(H,46,57)(H,47,58)(H,50,53)(H,51,54)(H,52,59)(H4,42,43,48)(H4,44,45,49)/t27-,28-,29-/m1/s1. The Morgan fingerprint density at radius 2 is 0.983 bits per heavy atom. The van der Waals surface area contributed by atoms with E-state index in [0.29, 0.717) is 101 Å². The van der Waals surface area contributed by atoms with Gasteiger partial charge in [0.05, 0.1) is 0 Å². The van der Waals surface area contributed by atoms with E-state index in [2.05, 4.69) is 36.6 Å². The van der Waals surface area contributed by atoms with Gasteiger partial charge in [-0.25, -0.2) is 0 Å². The normalized spacial score (nSPS) is 12.2. The topological polar surface area (TPSA) is 386 Å². The molecule has 0 unspecified atom stereocenters. The lowest BCUT2D eigenvalue weighted by Crippen LogP contribution is -2.53. The molecule has 0 aliphatic heterocycles. The Morgan fingerprint density at radius 3 is 1.47 bits per heavy atom. The number of aliphatic imine (C=N–C) groups is 2. The average molecular weight is 831 g/mol. The van der Waals surface area contributed by atoms with E-state index in [1.807, 2.05) is 0 Å². The molecule has 0 aliphatic rings. The first kappa shape index (κ1) is 51.0. The van der Waals surface area contributed by atoms with Crippen molar-refractivity contribution in [1.29, 1.82) is 0 Å². The Bertz CT molecular complexity index is 1550. The third-order valence-corrected chi connectivity index (χ3v) is 8.98. The van der Waals surface area contributed by atoms with Gasteiger partial charge >= 0.3 is 0 Å². The number of benzene rings is 1. The molecule has 21 heteroatoms. The number of rotatable bonds is 32. The Balaban J connectivity index is 2.51. The zero-order chi connectivity index (χ0) is 44.0. The van der Waals surface area contributed by atoms with Crippen molar-refractivity contribution in [2.45, 2.75) is 114 Å². The second kappa shape index (κ2) is 30.1.